The van der Waals surface area contributed by atoms with E-state index in [4.69, 9.17) is 17.2 Å². The summed E-state index contributed by atoms with van der Waals surface area (Å²) in [6.45, 7) is 12.9. The molecule has 50 heavy (non-hydrogen) atoms. The summed E-state index contributed by atoms with van der Waals surface area (Å²) in [4.78, 5) is 23.9. The number of aliphatic imine (C=N–C) groups is 1. The van der Waals surface area contributed by atoms with E-state index in [1.54, 1.807) is 10.6 Å². The number of aromatic amines is 1. The largest absolute Gasteiger partial charge is 0.432 e. The molecule has 0 amide bonds. The van der Waals surface area contributed by atoms with Gasteiger partial charge in [0, 0.05) is 41.8 Å². The van der Waals surface area contributed by atoms with Crippen molar-refractivity contribution in [2.75, 3.05) is 13.1 Å². The lowest BCUT2D eigenvalue weighted by Crippen LogP contribution is -2.23. The summed E-state index contributed by atoms with van der Waals surface area (Å²) in [5, 5.41) is 4.27. The Morgan fingerprint density at radius 2 is 1.70 bits per heavy atom. The van der Waals surface area contributed by atoms with Gasteiger partial charge in [0.2, 0.25) is 0 Å². The molecular weight excluding hydrogens is 645 g/mol. The Kier molecular flexibility index (Phi) is 14.0. The number of rotatable bonds is 13. The van der Waals surface area contributed by atoms with Crippen molar-refractivity contribution in [3.8, 4) is 11.4 Å². The Hall–Kier alpha value is -4.36. The first-order valence-electron chi connectivity index (χ1n) is 16.9. The van der Waals surface area contributed by atoms with Crippen LogP contribution in [0.2, 0.25) is 0 Å². The first-order chi connectivity index (χ1) is 23.3. The van der Waals surface area contributed by atoms with Crippen LogP contribution in [0.15, 0.2) is 58.4 Å². The molecule has 0 unspecified atom stereocenters. The van der Waals surface area contributed by atoms with E-state index in [-0.39, 0.29) is 28.9 Å². The van der Waals surface area contributed by atoms with Crippen molar-refractivity contribution in [3.05, 3.63) is 87.3 Å². The summed E-state index contributed by atoms with van der Waals surface area (Å²) < 4.78 is 45.0. The van der Waals surface area contributed by atoms with Crippen LogP contribution in [0.5, 0.6) is 5.75 Å². The number of nitrogens with one attached hydrogen (secondary N) is 2. The third kappa shape index (κ3) is 12.2. The second-order valence-electron chi connectivity index (χ2n) is 14.6. The van der Waals surface area contributed by atoms with Crippen molar-refractivity contribution in [2.45, 2.75) is 104 Å². The van der Waals surface area contributed by atoms with Gasteiger partial charge in [-0.15, -0.1) is 0 Å². The molecule has 13 heteroatoms. The molecule has 4 aromatic rings. The zero-order chi connectivity index (χ0) is 37.2. The number of halogens is 3. The van der Waals surface area contributed by atoms with Gasteiger partial charge in [0.05, 0.1) is 5.69 Å². The van der Waals surface area contributed by atoms with E-state index in [1.807, 2.05) is 58.2 Å². The lowest BCUT2D eigenvalue weighted by Gasteiger charge is -2.22. The van der Waals surface area contributed by atoms with E-state index in [1.165, 1.54) is 6.07 Å². The number of benzene rings is 2. The highest BCUT2D eigenvalue weighted by molar-refractivity contribution is 5.76. The van der Waals surface area contributed by atoms with Crippen LogP contribution in [0, 0.1) is 5.82 Å². The monoisotopic (exact) mass is 698 g/mol. The summed E-state index contributed by atoms with van der Waals surface area (Å²) in [6, 6.07) is 13.1. The molecule has 0 saturated carbocycles. The van der Waals surface area contributed by atoms with Crippen LogP contribution in [-0.2, 0) is 23.8 Å². The molecule has 1 atom stereocenters. The quantitative estimate of drug-likeness (QED) is 0.0635. The normalized spacial score (nSPS) is 12.5. The van der Waals surface area contributed by atoms with Crippen LogP contribution in [0.3, 0.4) is 0 Å². The molecule has 2 heterocycles. The fraction of sp³-hybridized carbons (Fsp3) is 0.486. The molecule has 0 aliphatic rings. The average molecular weight is 699 g/mol. The van der Waals surface area contributed by atoms with Crippen molar-refractivity contribution in [2.24, 2.45) is 22.2 Å². The number of hydrogen-bond acceptors (Lipinski definition) is 6. The lowest BCUT2D eigenvalue weighted by atomic mass is 9.85. The van der Waals surface area contributed by atoms with Crippen molar-refractivity contribution >= 4 is 17.0 Å². The maximum Gasteiger partial charge on any atom is 0.387 e. The van der Waals surface area contributed by atoms with Crippen LogP contribution in [-0.4, -0.2) is 46.2 Å². The summed E-state index contributed by atoms with van der Waals surface area (Å²) in [5.74, 6) is -0.968. The number of nitrogens with zero attached hydrogens (tertiary/aromatic N) is 3. The van der Waals surface area contributed by atoms with E-state index in [0.717, 1.165) is 60.2 Å². The van der Waals surface area contributed by atoms with E-state index in [0.29, 0.717) is 24.2 Å². The maximum absolute atomic E-state index is 14.3. The van der Waals surface area contributed by atoms with Crippen molar-refractivity contribution in [1.82, 2.24) is 19.9 Å². The zero-order valence-electron chi connectivity index (χ0n) is 30.2. The Bertz CT molecular complexity index is 1770. The Balaban J connectivity index is 0.000000286. The number of nitrogens with two attached hydrogens (primary N) is 3. The molecule has 0 radical (unpaired) electrons. The predicted octanol–water partition coefficient (Wildman–Crippen LogP) is 6.16. The maximum atomic E-state index is 14.3. The number of aromatic nitrogens is 3. The third-order valence-electron chi connectivity index (χ3n) is 7.91. The number of fused-ring (bicyclic) bond motifs is 1. The van der Waals surface area contributed by atoms with Gasteiger partial charge in [-0.2, -0.15) is 13.8 Å². The van der Waals surface area contributed by atoms with Gasteiger partial charge in [0.1, 0.15) is 5.65 Å². The summed E-state index contributed by atoms with van der Waals surface area (Å²) in [7, 11) is 0. The van der Waals surface area contributed by atoms with Crippen molar-refractivity contribution < 1.29 is 17.9 Å². The Labute approximate surface area is 292 Å². The number of guanidine groups is 1. The van der Waals surface area contributed by atoms with Gasteiger partial charge in [0.25, 0.3) is 0 Å². The summed E-state index contributed by atoms with van der Waals surface area (Å²) >= 11 is 0. The Morgan fingerprint density at radius 1 is 1.02 bits per heavy atom. The molecule has 274 valence electrons. The fourth-order valence-electron chi connectivity index (χ4n) is 5.16. The second kappa shape index (κ2) is 17.5. The molecule has 10 nitrogen and oxygen atoms in total. The highest BCUT2D eigenvalue weighted by Crippen LogP contribution is 2.33. The van der Waals surface area contributed by atoms with Crippen molar-refractivity contribution in [3.63, 3.8) is 0 Å². The standard InChI is InChI=1S/C21H29N7O.C16H24F3NO/c1-21(2,3)17-11-15-13-28(20(29)27-18(15)26-17)16-7-5-14(6-8-16)12-24-9-4-10-25-19(22)23;1-10(20)6-5-7-11-8-12(16(2,3)4)14(17)13(9-11)21-15(18)19/h5-8,11,13,24H,4,9-10,12H2,1-3H3,(H4,22,23,25)(H,26,27,29);8-10,15H,5-7,20H2,1-4H3/t;10-/m.0/s1. The average Bonchev–Trinajstić information content (AvgIpc) is 3.43. The van der Waals surface area contributed by atoms with Crippen LogP contribution in [0.25, 0.3) is 16.7 Å². The highest BCUT2D eigenvalue weighted by atomic mass is 19.3. The van der Waals surface area contributed by atoms with Gasteiger partial charge in [0.15, 0.2) is 17.5 Å². The molecule has 0 spiro atoms. The summed E-state index contributed by atoms with van der Waals surface area (Å²) in [5.41, 5.74) is 20.2. The van der Waals surface area contributed by atoms with Gasteiger partial charge < -0.3 is 32.2 Å². The highest BCUT2D eigenvalue weighted by Gasteiger charge is 2.24. The van der Waals surface area contributed by atoms with Crippen LogP contribution < -0.4 is 32.9 Å². The molecule has 8 N–H and O–H groups in total. The first kappa shape index (κ1) is 40.1. The number of ether oxygens (including phenoxy) is 1. The first-order valence-corrected chi connectivity index (χ1v) is 16.9. The minimum atomic E-state index is -3.04. The van der Waals surface area contributed by atoms with Gasteiger partial charge in [-0.1, -0.05) is 59.7 Å². The van der Waals surface area contributed by atoms with E-state index >= 15 is 0 Å². The Morgan fingerprint density at radius 3 is 2.28 bits per heavy atom. The van der Waals surface area contributed by atoms with Crippen molar-refractivity contribution in [1.29, 1.82) is 0 Å². The van der Waals surface area contributed by atoms with Gasteiger partial charge in [-0.25, -0.2) is 9.18 Å². The minimum absolute atomic E-state index is 0.0352. The number of aryl methyl sites for hydroxylation is 1. The molecule has 2 aromatic heterocycles. The van der Waals surface area contributed by atoms with Crippen LogP contribution in [0.4, 0.5) is 13.2 Å². The molecule has 0 bridgehead atoms. The smallest absolute Gasteiger partial charge is 0.387 e. The predicted molar refractivity (Wildman–Crippen MR) is 196 cm³/mol. The molecule has 0 aliphatic heterocycles. The fourth-order valence-corrected chi connectivity index (χ4v) is 5.16. The number of H-pyrrole nitrogens is 1. The SMILES string of the molecule is CC(C)(C)c1cc2cn(-c3ccc(CNCCCN=C(N)N)cc3)c(=O)nc2[nH]1.C[C@H](N)CCCc1cc(OC(F)F)c(F)c(C(C)(C)C)c1. The summed E-state index contributed by atoms with van der Waals surface area (Å²) in [6.07, 6.45) is 5.01. The van der Waals surface area contributed by atoms with Gasteiger partial charge >= 0.3 is 12.3 Å². The van der Waals surface area contributed by atoms with E-state index in [9.17, 15) is 18.0 Å². The van der Waals surface area contributed by atoms with Gasteiger partial charge in [-0.3, -0.25) is 9.56 Å². The van der Waals surface area contributed by atoms with Crippen LogP contribution in [0.1, 0.15) is 90.1 Å². The van der Waals surface area contributed by atoms with E-state index in [2.05, 4.69) is 51.9 Å². The van der Waals surface area contributed by atoms with Crippen LogP contribution >= 0.6 is 0 Å². The van der Waals surface area contributed by atoms with Gasteiger partial charge in [-0.05, 0) is 85.5 Å². The third-order valence-corrected chi connectivity index (χ3v) is 7.91. The number of alkyl halides is 2. The molecule has 0 saturated heterocycles. The van der Waals surface area contributed by atoms with E-state index < -0.39 is 17.8 Å². The molecule has 0 fully saturated rings. The molecule has 0 aliphatic carbocycles. The minimum Gasteiger partial charge on any atom is -0.432 e. The lowest BCUT2D eigenvalue weighted by molar-refractivity contribution is -0.0524. The zero-order valence-corrected chi connectivity index (χ0v) is 30.2. The topological polar surface area (TPSA) is 162 Å². The second-order valence-corrected chi connectivity index (χ2v) is 14.6. The molecule has 4 rings (SSSR count). The number of hydrogen-bond donors (Lipinski definition) is 5. The molecular formula is C37H53F3N8O2. The molecule has 2 aromatic carbocycles.